The average molecular weight is 569 g/mol. The lowest BCUT2D eigenvalue weighted by Gasteiger charge is -2.35. The lowest BCUT2D eigenvalue weighted by molar-refractivity contribution is 0.0694. The van der Waals surface area contributed by atoms with Crippen molar-refractivity contribution in [2.45, 2.75) is 47.0 Å². The molecule has 0 unspecified atom stereocenters. The number of anilines is 2. The monoisotopic (exact) mass is 568 g/mol. The predicted octanol–water partition coefficient (Wildman–Crippen LogP) is 7.96. The summed E-state index contributed by atoms with van der Waals surface area (Å²) in [6.07, 6.45) is 6.66. The van der Waals surface area contributed by atoms with Gasteiger partial charge in [-0.05, 0) is 67.5 Å². The number of allylic oxidation sites excluding steroid dienone is 1. The van der Waals surface area contributed by atoms with Crippen molar-refractivity contribution in [2.24, 2.45) is 5.41 Å². The molecule has 7 heteroatoms. The van der Waals surface area contributed by atoms with Gasteiger partial charge in [-0.1, -0.05) is 68.8 Å². The molecule has 42 heavy (non-hydrogen) atoms. The van der Waals surface area contributed by atoms with Crippen molar-refractivity contribution in [3.8, 4) is 11.5 Å². The number of hydrogen-bond acceptors (Lipinski definition) is 6. The van der Waals surface area contributed by atoms with Gasteiger partial charge in [0.2, 0.25) is 0 Å². The fourth-order valence-electron chi connectivity index (χ4n) is 5.45. The van der Waals surface area contributed by atoms with Crippen LogP contribution in [0.15, 0.2) is 66.9 Å². The van der Waals surface area contributed by atoms with Gasteiger partial charge in [-0.2, -0.15) is 0 Å². The highest BCUT2D eigenvalue weighted by atomic mass is 16.5. The Morgan fingerprint density at radius 2 is 1.95 bits per heavy atom. The molecule has 3 aromatic rings. The van der Waals surface area contributed by atoms with Gasteiger partial charge in [0, 0.05) is 44.0 Å². The number of benzene rings is 2. The molecule has 0 spiro atoms. The lowest BCUT2D eigenvalue weighted by Crippen LogP contribution is -2.32. The zero-order valence-electron chi connectivity index (χ0n) is 25.6. The van der Waals surface area contributed by atoms with Crippen LogP contribution < -0.4 is 15.4 Å². The van der Waals surface area contributed by atoms with E-state index in [0.717, 1.165) is 50.3 Å². The Bertz CT molecular complexity index is 1440. The van der Waals surface area contributed by atoms with E-state index in [1.807, 2.05) is 0 Å². The molecule has 7 nitrogen and oxygen atoms in total. The van der Waals surface area contributed by atoms with Gasteiger partial charge in [0.1, 0.15) is 22.9 Å². The topological polar surface area (TPSA) is 86.7 Å². The Morgan fingerprint density at radius 3 is 2.62 bits per heavy atom. The summed E-state index contributed by atoms with van der Waals surface area (Å²) in [6.45, 7) is 16.4. The summed E-state index contributed by atoms with van der Waals surface area (Å²) in [5.41, 5.74) is 7.63. The number of carboxylic acids is 1. The molecule has 2 aromatic carbocycles. The number of hydrogen-bond donors (Lipinski definition) is 3. The van der Waals surface area contributed by atoms with E-state index in [2.05, 4.69) is 79.1 Å². The first-order chi connectivity index (χ1) is 20.1. The Balaban J connectivity index is 1.46. The van der Waals surface area contributed by atoms with E-state index in [0.29, 0.717) is 17.0 Å². The smallest absolute Gasteiger partial charge is 0.339 e. The van der Waals surface area contributed by atoms with Gasteiger partial charge in [-0.3, -0.25) is 4.90 Å². The number of pyridine rings is 1. The summed E-state index contributed by atoms with van der Waals surface area (Å²) < 4.78 is 6.01. The molecule has 1 aliphatic rings. The fourth-order valence-corrected chi connectivity index (χ4v) is 5.45. The summed E-state index contributed by atoms with van der Waals surface area (Å²) in [6, 6.07) is 15.8. The Morgan fingerprint density at radius 1 is 1.19 bits per heavy atom. The van der Waals surface area contributed by atoms with E-state index in [4.69, 9.17) is 4.74 Å². The van der Waals surface area contributed by atoms with Crippen molar-refractivity contribution < 1.29 is 14.6 Å². The van der Waals surface area contributed by atoms with Crippen LogP contribution in [0.3, 0.4) is 0 Å². The summed E-state index contributed by atoms with van der Waals surface area (Å²) in [5, 5.41) is 16.2. The summed E-state index contributed by atoms with van der Waals surface area (Å²) >= 11 is 0. The maximum Gasteiger partial charge on any atom is 0.339 e. The van der Waals surface area contributed by atoms with Crippen molar-refractivity contribution in [3.05, 3.63) is 89.1 Å². The zero-order chi connectivity index (χ0) is 30.3. The maximum absolute atomic E-state index is 11.9. The van der Waals surface area contributed by atoms with Gasteiger partial charge >= 0.3 is 5.97 Å². The second kappa shape index (κ2) is 13.7. The van der Waals surface area contributed by atoms with Crippen LogP contribution in [0.4, 0.5) is 11.5 Å². The number of carbonyl (C=O) groups is 1. The first kappa shape index (κ1) is 30.8. The van der Waals surface area contributed by atoms with E-state index in [1.54, 1.807) is 49.2 Å². The van der Waals surface area contributed by atoms with Crippen molar-refractivity contribution in [3.63, 3.8) is 0 Å². The van der Waals surface area contributed by atoms with Crippen molar-refractivity contribution in [2.75, 3.05) is 43.9 Å². The van der Waals surface area contributed by atoms with Crippen molar-refractivity contribution >= 4 is 29.1 Å². The first-order valence-electron chi connectivity index (χ1n) is 14.7. The molecule has 0 radical (unpaired) electrons. The van der Waals surface area contributed by atoms with Crippen LogP contribution in [0.2, 0.25) is 0 Å². The highest BCUT2D eigenvalue weighted by Gasteiger charge is 2.28. The normalized spacial score (nSPS) is 14.5. The number of rotatable bonds is 13. The van der Waals surface area contributed by atoms with Crippen LogP contribution in [0.25, 0.3) is 11.6 Å². The standard InChI is InChI=1S/C35H44N4O3/c1-7-25-19-29(22-38-33(25)36-6)42-32-20-28(13-14-30(32)34(40)41)37-17-18-39(8-2)23-27-15-16-35(4,5)21-31(27)26-11-9-24(3)10-12-26/h7,9-14,19-20,22,37H,1,8,15-18,21,23H2,2-6H3,(H,36,38)(H,40,41). The number of carboxylic acid groups (broad SMARTS) is 1. The van der Waals surface area contributed by atoms with Crippen LogP contribution >= 0.6 is 0 Å². The van der Waals surface area contributed by atoms with E-state index in [1.165, 1.54) is 23.1 Å². The van der Waals surface area contributed by atoms with Crippen molar-refractivity contribution in [1.29, 1.82) is 0 Å². The fraction of sp³-hybridized carbons (Fsp3) is 0.371. The van der Waals surface area contributed by atoms with Gasteiger partial charge in [0.15, 0.2) is 0 Å². The van der Waals surface area contributed by atoms with Crippen LogP contribution in [0.5, 0.6) is 11.5 Å². The number of likely N-dealkylation sites (N-methyl/N-ethyl adjacent to an activating group) is 1. The second-order valence-corrected chi connectivity index (χ2v) is 11.8. The number of nitrogens with zero attached hydrogens (tertiary/aromatic N) is 2. The third kappa shape index (κ3) is 7.79. The first-order valence-corrected chi connectivity index (χ1v) is 14.7. The molecule has 0 amide bonds. The van der Waals surface area contributed by atoms with Gasteiger partial charge < -0.3 is 20.5 Å². The Kier molecular flexibility index (Phi) is 10.1. The number of aromatic carboxylic acids is 1. The molecule has 0 atom stereocenters. The molecule has 1 aromatic heterocycles. The SMILES string of the molecule is C=Cc1cc(Oc2cc(NCCN(CC)CC3=C(c4ccc(C)cc4)CC(C)(C)CC3)ccc2C(=O)O)cnc1NC. The van der Waals surface area contributed by atoms with E-state index in [-0.39, 0.29) is 11.3 Å². The molecule has 1 heterocycles. The van der Waals surface area contributed by atoms with Crippen LogP contribution in [-0.2, 0) is 0 Å². The van der Waals surface area contributed by atoms with E-state index in [9.17, 15) is 9.90 Å². The molecule has 222 valence electrons. The third-order valence-corrected chi connectivity index (χ3v) is 7.99. The number of ether oxygens (including phenoxy) is 1. The van der Waals surface area contributed by atoms with E-state index >= 15 is 0 Å². The number of aromatic nitrogens is 1. The summed E-state index contributed by atoms with van der Waals surface area (Å²) in [5.74, 6) is 0.316. The predicted molar refractivity (Wildman–Crippen MR) is 174 cm³/mol. The molecule has 0 fully saturated rings. The minimum absolute atomic E-state index is 0.0874. The van der Waals surface area contributed by atoms with Crippen LogP contribution in [-0.4, -0.2) is 54.2 Å². The molecule has 4 rings (SSSR count). The van der Waals surface area contributed by atoms with Gasteiger partial charge in [-0.25, -0.2) is 9.78 Å². The molecule has 0 saturated carbocycles. The molecule has 1 aliphatic carbocycles. The quantitative estimate of drug-likeness (QED) is 0.193. The van der Waals surface area contributed by atoms with Crippen LogP contribution in [0.1, 0.15) is 67.1 Å². The summed E-state index contributed by atoms with van der Waals surface area (Å²) in [4.78, 5) is 18.7. The maximum atomic E-state index is 11.9. The molecule has 0 aliphatic heterocycles. The lowest BCUT2D eigenvalue weighted by atomic mass is 9.72. The second-order valence-electron chi connectivity index (χ2n) is 11.8. The molecule has 0 saturated heterocycles. The average Bonchev–Trinajstić information content (AvgIpc) is 2.97. The Hall–Kier alpha value is -4.10. The van der Waals surface area contributed by atoms with Crippen molar-refractivity contribution in [1.82, 2.24) is 9.88 Å². The minimum Gasteiger partial charge on any atom is -0.478 e. The Labute approximate surface area is 250 Å². The zero-order valence-corrected chi connectivity index (χ0v) is 25.6. The highest BCUT2D eigenvalue weighted by Crippen LogP contribution is 2.43. The highest BCUT2D eigenvalue weighted by molar-refractivity contribution is 5.91. The molecular formula is C35H44N4O3. The number of nitrogens with one attached hydrogen (secondary N) is 2. The summed E-state index contributed by atoms with van der Waals surface area (Å²) in [7, 11) is 1.78. The number of aryl methyl sites for hydroxylation is 1. The third-order valence-electron chi connectivity index (χ3n) is 7.99. The van der Waals surface area contributed by atoms with Gasteiger partial charge in [-0.15, -0.1) is 0 Å². The minimum atomic E-state index is -1.05. The van der Waals surface area contributed by atoms with E-state index < -0.39 is 5.97 Å². The van der Waals surface area contributed by atoms with Crippen LogP contribution in [0, 0.1) is 12.3 Å². The largest absolute Gasteiger partial charge is 0.478 e. The molecule has 3 N–H and O–H groups in total. The molecular weight excluding hydrogens is 524 g/mol. The van der Waals surface area contributed by atoms with Gasteiger partial charge in [0.25, 0.3) is 0 Å². The van der Waals surface area contributed by atoms with Gasteiger partial charge in [0.05, 0.1) is 6.20 Å². The molecule has 0 bridgehead atoms.